The molecule has 0 spiro atoms. The number of hydrogen-bond acceptors (Lipinski definition) is 2. The first-order valence-electron chi connectivity index (χ1n) is 5.17. The Labute approximate surface area is 88.6 Å². The van der Waals surface area contributed by atoms with Crippen LogP contribution in [0.4, 0.5) is 0 Å². The zero-order valence-electron chi connectivity index (χ0n) is 9.35. The van der Waals surface area contributed by atoms with Gasteiger partial charge in [-0.3, -0.25) is 4.79 Å². The Bertz CT molecular complexity index is 215. The molecule has 0 aliphatic heterocycles. The summed E-state index contributed by atoms with van der Waals surface area (Å²) in [6, 6.07) is 0.512. The van der Waals surface area contributed by atoms with Crippen LogP contribution in [0.25, 0.3) is 0 Å². The second-order valence-electron chi connectivity index (χ2n) is 3.17. The average Bonchev–Trinajstić information content (AvgIpc) is 2.13. The Balaban J connectivity index is 3.66. The second kappa shape index (κ2) is 8.83. The standard InChI is InChI=1S/C11H19O2Si/c1-4-6-7-8-9-14(3)10-11(12)13-5-2/h4-7,10H2,1-3H3. The van der Waals surface area contributed by atoms with E-state index in [4.69, 9.17) is 4.74 Å². The van der Waals surface area contributed by atoms with E-state index in [-0.39, 0.29) is 5.97 Å². The lowest BCUT2D eigenvalue weighted by Crippen LogP contribution is -2.14. The molecule has 79 valence electrons. The van der Waals surface area contributed by atoms with E-state index in [0.717, 1.165) is 12.8 Å². The van der Waals surface area contributed by atoms with Gasteiger partial charge in [0.05, 0.1) is 12.7 Å². The van der Waals surface area contributed by atoms with E-state index in [0.29, 0.717) is 12.7 Å². The number of esters is 1. The fourth-order valence-corrected chi connectivity index (χ4v) is 2.00. The van der Waals surface area contributed by atoms with Crippen molar-refractivity contribution in [1.82, 2.24) is 0 Å². The molecule has 0 saturated carbocycles. The summed E-state index contributed by atoms with van der Waals surface area (Å²) in [7, 11) is -0.827. The van der Waals surface area contributed by atoms with E-state index >= 15 is 0 Å². The predicted octanol–water partition coefficient (Wildman–Crippen LogP) is 2.41. The summed E-state index contributed by atoms with van der Waals surface area (Å²) in [6.07, 6.45) is 3.29. The number of unbranched alkanes of at least 4 members (excludes halogenated alkanes) is 2. The van der Waals surface area contributed by atoms with E-state index in [9.17, 15) is 4.79 Å². The van der Waals surface area contributed by atoms with Gasteiger partial charge in [-0.15, -0.1) is 11.5 Å². The van der Waals surface area contributed by atoms with Gasteiger partial charge in [0.15, 0.2) is 8.80 Å². The van der Waals surface area contributed by atoms with E-state index < -0.39 is 8.80 Å². The highest BCUT2D eigenvalue weighted by molar-refractivity contribution is 6.69. The van der Waals surface area contributed by atoms with Gasteiger partial charge < -0.3 is 4.74 Å². The summed E-state index contributed by atoms with van der Waals surface area (Å²) < 4.78 is 4.86. The van der Waals surface area contributed by atoms with Crippen LogP contribution in [-0.4, -0.2) is 21.4 Å². The lowest BCUT2D eigenvalue weighted by atomic mass is 10.3. The van der Waals surface area contributed by atoms with Crippen LogP contribution in [0.5, 0.6) is 0 Å². The maximum absolute atomic E-state index is 11.1. The first-order chi connectivity index (χ1) is 6.70. The fraction of sp³-hybridized carbons (Fsp3) is 0.727. The Kier molecular flexibility index (Phi) is 8.35. The van der Waals surface area contributed by atoms with Gasteiger partial charge in [-0.2, -0.15) is 0 Å². The summed E-state index contributed by atoms with van der Waals surface area (Å²) in [6.45, 7) is 6.50. The van der Waals surface area contributed by atoms with Crippen molar-refractivity contribution >= 4 is 14.8 Å². The van der Waals surface area contributed by atoms with Gasteiger partial charge in [-0.1, -0.05) is 19.9 Å². The van der Waals surface area contributed by atoms with E-state index in [1.54, 1.807) is 0 Å². The third kappa shape index (κ3) is 7.87. The van der Waals surface area contributed by atoms with Gasteiger partial charge in [-0.05, 0) is 13.3 Å². The summed E-state index contributed by atoms with van der Waals surface area (Å²) in [4.78, 5) is 11.1. The van der Waals surface area contributed by atoms with Crippen molar-refractivity contribution in [2.75, 3.05) is 6.61 Å². The second-order valence-corrected chi connectivity index (χ2v) is 5.33. The van der Waals surface area contributed by atoms with E-state index in [1.807, 2.05) is 6.92 Å². The molecule has 0 saturated heterocycles. The fourth-order valence-electron chi connectivity index (χ4n) is 0.951. The maximum atomic E-state index is 11.1. The molecule has 0 rings (SSSR count). The molecule has 0 aliphatic carbocycles. The molecule has 0 amide bonds. The zero-order chi connectivity index (χ0) is 10.8. The first-order valence-corrected chi connectivity index (χ1v) is 7.38. The molecular weight excluding hydrogens is 192 g/mol. The van der Waals surface area contributed by atoms with Crippen LogP contribution in [0.15, 0.2) is 0 Å². The molecule has 0 unspecified atom stereocenters. The zero-order valence-corrected chi connectivity index (χ0v) is 10.4. The average molecular weight is 211 g/mol. The molecule has 2 nitrogen and oxygen atoms in total. The topological polar surface area (TPSA) is 26.3 Å². The van der Waals surface area contributed by atoms with E-state index in [1.165, 1.54) is 6.42 Å². The minimum absolute atomic E-state index is 0.103. The van der Waals surface area contributed by atoms with Gasteiger partial charge >= 0.3 is 5.97 Å². The summed E-state index contributed by atoms with van der Waals surface area (Å²) in [5, 5.41) is 0. The molecule has 0 bridgehead atoms. The lowest BCUT2D eigenvalue weighted by Gasteiger charge is -2.01. The van der Waals surface area contributed by atoms with Crippen LogP contribution in [0.1, 0.15) is 33.1 Å². The van der Waals surface area contributed by atoms with E-state index in [2.05, 4.69) is 24.9 Å². The quantitative estimate of drug-likeness (QED) is 0.302. The molecule has 1 radical (unpaired) electrons. The highest BCUT2D eigenvalue weighted by Gasteiger charge is 2.08. The van der Waals surface area contributed by atoms with Crippen molar-refractivity contribution in [2.24, 2.45) is 0 Å². The van der Waals surface area contributed by atoms with Crippen LogP contribution in [-0.2, 0) is 9.53 Å². The van der Waals surface area contributed by atoms with Gasteiger partial charge in [0.25, 0.3) is 0 Å². The molecule has 0 aromatic heterocycles. The molecule has 0 aromatic rings. The highest BCUT2D eigenvalue weighted by atomic mass is 28.3. The van der Waals surface area contributed by atoms with Crippen molar-refractivity contribution < 1.29 is 9.53 Å². The minimum atomic E-state index is -0.827. The molecule has 0 fully saturated rings. The molecule has 0 N–H and O–H groups in total. The van der Waals surface area contributed by atoms with Gasteiger partial charge in [0.1, 0.15) is 0 Å². The molecule has 0 atom stereocenters. The van der Waals surface area contributed by atoms with Crippen LogP contribution in [0.2, 0.25) is 12.6 Å². The Morgan fingerprint density at radius 2 is 2.14 bits per heavy atom. The van der Waals surface area contributed by atoms with Crippen molar-refractivity contribution in [3.05, 3.63) is 0 Å². The summed E-state index contributed by atoms with van der Waals surface area (Å²) in [5.74, 6) is 3.02. The lowest BCUT2D eigenvalue weighted by molar-refractivity contribution is -0.140. The van der Waals surface area contributed by atoms with Gasteiger partial charge in [0.2, 0.25) is 0 Å². The molecule has 0 aliphatic rings. The molecule has 0 heterocycles. The monoisotopic (exact) mass is 211 g/mol. The Morgan fingerprint density at radius 3 is 2.71 bits per heavy atom. The number of ether oxygens (including phenoxy) is 1. The first kappa shape index (κ1) is 13.2. The summed E-state index contributed by atoms with van der Waals surface area (Å²) >= 11 is 0. The van der Waals surface area contributed by atoms with Crippen molar-refractivity contribution in [1.29, 1.82) is 0 Å². The SMILES string of the molecule is CCCCC#C[Si](C)CC(=O)OCC. The number of carbonyl (C=O) groups excluding carboxylic acids is 1. The van der Waals surface area contributed by atoms with Crippen LogP contribution in [0, 0.1) is 11.5 Å². The molecular formula is C11H19O2Si. The van der Waals surface area contributed by atoms with Crippen molar-refractivity contribution in [3.8, 4) is 11.5 Å². The predicted molar refractivity (Wildman–Crippen MR) is 60.4 cm³/mol. The van der Waals surface area contributed by atoms with Gasteiger partial charge in [-0.25, -0.2) is 0 Å². The maximum Gasteiger partial charge on any atom is 0.303 e. The molecule has 0 aromatic carbocycles. The third-order valence-corrected chi connectivity index (χ3v) is 3.09. The number of hydrogen-bond donors (Lipinski definition) is 0. The highest BCUT2D eigenvalue weighted by Crippen LogP contribution is 1.95. The smallest absolute Gasteiger partial charge is 0.303 e. The van der Waals surface area contributed by atoms with Crippen molar-refractivity contribution in [2.45, 2.75) is 45.7 Å². The normalized spacial score (nSPS) is 9.43. The summed E-state index contributed by atoms with van der Waals surface area (Å²) in [5.41, 5.74) is 3.16. The van der Waals surface area contributed by atoms with Crippen LogP contribution < -0.4 is 0 Å². The molecule has 3 heteroatoms. The van der Waals surface area contributed by atoms with Gasteiger partial charge in [0, 0.05) is 6.42 Å². The largest absolute Gasteiger partial charge is 0.466 e. The number of rotatable bonds is 5. The molecule has 14 heavy (non-hydrogen) atoms. The van der Waals surface area contributed by atoms with Crippen LogP contribution in [0.3, 0.4) is 0 Å². The minimum Gasteiger partial charge on any atom is -0.466 e. The Morgan fingerprint density at radius 1 is 1.43 bits per heavy atom. The van der Waals surface area contributed by atoms with Crippen LogP contribution >= 0.6 is 0 Å². The van der Waals surface area contributed by atoms with Crippen molar-refractivity contribution in [3.63, 3.8) is 0 Å². The number of carbonyl (C=O) groups is 1. The Hall–Kier alpha value is -0.753. The third-order valence-electron chi connectivity index (χ3n) is 1.67.